The van der Waals surface area contributed by atoms with Crippen LogP contribution in [-0.4, -0.2) is 33.6 Å². The number of unbranched alkanes of at least 4 members (excludes halogenated alkanes) is 8. The molecule has 1 rings (SSSR count). The van der Waals surface area contributed by atoms with Gasteiger partial charge in [-0.2, -0.15) is 0 Å². The van der Waals surface area contributed by atoms with Crippen molar-refractivity contribution in [2.45, 2.75) is 109 Å². The molecule has 0 bridgehead atoms. The van der Waals surface area contributed by atoms with Crippen LogP contribution in [0.1, 0.15) is 109 Å². The van der Waals surface area contributed by atoms with Crippen LogP contribution in [0.4, 0.5) is 0 Å². The molecule has 1 aromatic rings. The molecule has 0 fully saturated rings. The summed E-state index contributed by atoms with van der Waals surface area (Å²) in [7, 11) is 0. The van der Waals surface area contributed by atoms with E-state index in [0.717, 1.165) is 25.3 Å². The van der Waals surface area contributed by atoms with Gasteiger partial charge in [-0.1, -0.05) is 77.6 Å². The molecule has 0 saturated heterocycles. The average Bonchev–Trinajstić information content (AvgIpc) is 3.24. The fourth-order valence-electron chi connectivity index (χ4n) is 4.47. The number of hydrogen-bond donors (Lipinski definition) is 3. The minimum atomic E-state index is -2.46. The highest BCUT2D eigenvalue weighted by molar-refractivity contribution is 7.10. The second kappa shape index (κ2) is 14.0. The van der Waals surface area contributed by atoms with Gasteiger partial charge in [0.05, 0.1) is 0 Å². The predicted octanol–water partition coefficient (Wildman–Crippen LogP) is 5.73. The lowest BCUT2D eigenvalue weighted by Crippen LogP contribution is -2.71. The summed E-state index contributed by atoms with van der Waals surface area (Å²) in [6, 6.07) is 1.78. The standard InChI is InChI=1S/C26H39NO5S/c1-5-8-9-10-11-12-13-14-15-16-17-21-18-22(33-19-21)25(6-2,7-3)26(23(29)30,24(31)32)27-20(4)28/h18-19H,5-15H2,1-4H3,(H,27,28)(H,29,30)(H,31,32). The number of amides is 1. The first-order valence-electron chi connectivity index (χ1n) is 12.0. The Hall–Kier alpha value is -2.33. The molecular formula is C26H39NO5S. The number of nitrogens with one attached hydrogen (secondary N) is 1. The number of hydrogen-bond acceptors (Lipinski definition) is 4. The van der Waals surface area contributed by atoms with Crippen LogP contribution >= 0.6 is 11.3 Å². The third-order valence-electron chi connectivity index (χ3n) is 6.39. The van der Waals surface area contributed by atoms with E-state index in [1.54, 1.807) is 19.9 Å². The molecule has 0 aliphatic carbocycles. The fraction of sp³-hybridized carbons (Fsp3) is 0.654. The monoisotopic (exact) mass is 477 g/mol. The summed E-state index contributed by atoms with van der Waals surface area (Å²) in [4.78, 5) is 37.0. The van der Waals surface area contributed by atoms with Crippen LogP contribution in [-0.2, 0) is 19.8 Å². The first-order chi connectivity index (χ1) is 15.7. The van der Waals surface area contributed by atoms with Gasteiger partial charge in [0.25, 0.3) is 0 Å². The lowest BCUT2D eigenvalue weighted by atomic mass is 9.64. The van der Waals surface area contributed by atoms with E-state index < -0.39 is 28.8 Å². The van der Waals surface area contributed by atoms with Crippen molar-refractivity contribution < 1.29 is 24.6 Å². The number of thiophene rings is 1. The highest BCUT2D eigenvalue weighted by atomic mass is 32.1. The van der Waals surface area contributed by atoms with Crippen LogP contribution in [0.25, 0.3) is 0 Å². The van der Waals surface area contributed by atoms with Crippen molar-refractivity contribution in [3.05, 3.63) is 21.9 Å². The molecule has 1 aromatic heterocycles. The summed E-state index contributed by atoms with van der Waals surface area (Å²) >= 11 is 1.30. The Labute approximate surface area is 202 Å². The van der Waals surface area contributed by atoms with Gasteiger partial charge in [0.1, 0.15) is 0 Å². The molecule has 0 radical (unpaired) electrons. The highest BCUT2D eigenvalue weighted by Gasteiger charge is 2.63. The second-order valence-corrected chi connectivity index (χ2v) is 9.47. The number of rotatable bonds is 15. The molecule has 1 heterocycles. The van der Waals surface area contributed by atoms with Gasteiger partial charge in [0.2, 0.25) is 11.4 Å². The minimum absolute atomic E-state index is 0.230. The maximum Gasteiger partial charge on any atom is 0.342 e. The van der Waals surface area contributed by atoms with Crippen molar-refractivity contribution in [3.8, 4) is 11.8 Å². The van der Waals surface area contributed by atoms with E-state index in [4.69, 9.17) is 0 Å². The maximum absolute atomic E-state index is 12.3. The summed E-state index contributed by atoms with van der Waals surface area (Å²) in [6.45, 7) is 6.85. The first kappa shape index (κ1) is 28.7. The van der Waals surface area contributed by atoms with Crippen LogP contribution in [0, 0.1) is 11.8 Å². The highest BCUT2D eigenvalue weighted by Crippen LogP contribution is 2.45. The normalized spacial score (nSPS) is 11.5. The summed E-state index contributed by atoms with van der Waals surface area (Å²) in [5.41, 5.74) is -3.03. The van der Waals surface area contributed by atoms with E-state index in [-0.39, 0.29) is 12.8 Å². The fourth-order valence-corrected chi connectivity index (χ4v) is 5.71. The number of carbonyl (C=O) groups is 3. The van der Waals surface area contributed by atoms with Crippen molar-refractivity contribution >= 4 is 29.2 Å². The van der Waals surface area contributed by atoms with Gasteiger partial charge in [-0.15, -0.1) is 11.3 Å². The van der Waals surface area contributed by atoms with Crippen molar-refractivity contribution in [3.63, 3.8) is 0 Å². The summed E-state index contributed by atoms with van der Waals surface area (Å²) in [5, 5.41) is 24.1. The summed E-state index contributed by atoms with van der Waals surface area (Å²) in [6.07, 6.45) is 11.2. The number of aliphatic carboxylic acids is 2. The van der Waals surface area contributed by atoms with Crippen molar-refractivity contribution in [2.24, 2.45) is 0 Å². The Morgan fingerprint density at radius 1 is 0.939 bits per heavy atom. The quantitative estimate of drug-likeness (QED) is 0.170. The van der Waals surface area contributed by atoms with Crippen molar-refractivity contribution in [1.82, 2.24) is 5.32 Å². The summed E-state index contributed by atoms with van der Waals surface area (Å²) < 4.78 is 0. The zero-order valence-corrected chi connectivity index (χ0v) is 21.3. The maximum atomic E-state index is 12.3. The molecule has 0 aliphatic heterocycles. The predicted molar refractivity (Wildman–Crippen MR) is 133 cm³/mol. The first-order valence-corrected chi connectivity index (χ1v) is 12.9. The largest absolute Gasteiger partial charge is 0.479 e. The second-order valence-electron chi connectivity index (χ2n) is 8.56. The van der Waals surface area contributed by atoms with E-state index in [1.807, 2.05) is 5.38 Å². The van der Waals surface area contributed by atoms with Gasteiger partial charge in [-0.25, -0.2) is 9.59 Å². The average molecular weight is 478 g/mol. The van der Waals surface area contributed by atoms with E-state index in [2.05, 4.69) is 24.1 Å². The van der Waals surface area contributed by atoms with Gasteiger partial charge < -0.3 is 15.5 Å². The Kier molecular flexibility index (Phi) is 12.2. The van der Waals surface area contributed by atoms with Crippen LogP contribution in [0.15, 0.2) is 11.4 Å². The lowest BCUT2D eigenvalue weighted by molar-refractivity contribution is -0.166. The smallest absolute Gasteiger partial charge is 0.342 e. The molecule has 0 atom stereocenters. The van der Waals surface area contributed by atoms with Gasteiger partial charge in [-0.3, -0.25) is 4.79 Å². The third-order valence-corrected chi connectivity index (χ3v) is 7.52. The van der Waals surface area contributed by atoms with Gasteiger partial charge >= 0.3 is 11.9 Å². The molecule has 0 spiro atoms. The SMILES string of the molecule is CCCCCCCCCCC#Cc1csc(C(CC)(CC)C(NC(C)=O)(C(=O)O)C(=O)O)c1. The Balaban J connectivity index is 2.97. The number of carbonyl (C=O) groups excluding carboxylic acids is 1. The van der Waals surface area contributed by atoms with E-state index in [9.17, 15) is 24.6 Å². The zero-order valence-electron chi connectivity index (χ0n) is 20.5. The molecule has 0 unspecified atom stereocenters. The molecule has 0 aliphatic rings. The van der Waals surface area contributed by atoms with Gasteiger partial charge in [0.15, 0.2) is 0 Å². The van der Waals surface area contributed by atoms with Crippen LogP contribution in [0.3, 0.4) is 0 Å². The Bertz CT molecular complexity index is 830. The molecule has 3 N–H and O–H groups in total. The topological polar surface area (TPSA) is 104 Å². The molecule has 33 heavy (non-hydrogen) atoms. The Morgan fingerprint density at radius 3 is 1.97 bits per heavy atom. The zero-order chi connectivity index (χ0) is 24.9. The third kappa shape index (κ3) is 7.07. The van der Waals surface area contributed by atoms with Crippen molar-refractivity contribution in [2.75, 3.05) is 0 Å². The van der Waals surface area contributed by atoms with E-state index >= 15 is 0 Å². The molecule has 6 nitrogen and oxygen atoms in total. The lowest BCUT2D eigenvalue weighted by Gasteiger charge is -2.44. The number of carboxylic acid groups (broad SMARTS) is 2. The molecule has 0 saturated carbocycles. The molecule has 0 aromatic carbocycles. The van der Waals surface area contributed by atoms with Gasteiger partial charge in [-0.05, 0) is 25.3 Å². The van der Waals surface area contributed by atoms with Crippen LogP contribution in [0.5, 0.6) is 0 Å². The van der Waals surface area contributed by atoms with E-state index in [0.29, 0.717) is 4.88 Å². The molecule has 184 valence electrons. The number of carboxylic acids is 2. The van der Waals surface area contributed by atoms with Crippen LogP contribution in [0.2, 0.25) is 0 Å². The molecule has 7 heteroatoms. The Morgan fingerprint density at radius 2 is 1.48 bits per heavy atom. The molecular weight excluding hydrogens is 438 g/mol. The minimum Gasteiger partial charge on any atom is -0.479 e. The van der Waals surface area contributed by atoms with Crippen molar-refractivity contribution in [1.29, 1.82) is 0 Å². The van der Waals surface area contributed by atoms with Crippen LogP contribution < -0.4 is 5.32 Å². The van der Waals surface area contributed by atoms with E-state index in [1.165, 1.54) is 56.3 Å². The molecule has 1 amide bonds. The van der Waals surface area contributed by atoms with Gasteiger partial charge in [0, 0.05) is 34.6 Å². The summed E-state index contributed by atoms with van der Waals surface area (Å²) in [5.74, 6) is 2.46.